The maximum absolute atomic E-state index is 5.58. The number of terminal acetylenes is 1. The van der Waals surface area contributed by atoms with Gasteiger partial charge in [-0.1, -0.05) is 54.5 Å². The molecule has 1 nitrogen and oxygen atoms in total. The summed E-state index contributed by atoms with van der Waals surface area (Å²) >= 11 is 0. The molecule has 19 heavy (non-hydrogen) atoms. The standard InChI is InChI=1S/C18H17N/c1-3-14-19(15-16-10-6-5-7-11-16)18-13-9-8-12-17(18)4-2/h2-3,5-13H,1,14-15H2. The van der Waals surface area contributed by atoms with Crippen LogP contribution < -0.4 is 4.90 Å². The van der Waals surface area contributed by atoms with Gasteiger partial charge >= 0.3 is 0 Å². The maximum atomic E-state index is 5.58. The van der Waals surface area contributed by atoms with Gasteiger partial charge in [0.25, 0.3) is 0 Å². The Balaban J connectivity index is 2.30. The first kappa shape index (κ1) is 13.0. The minimum absolute atomic E-state index is 0.771. The Hall–Kier alpha value is -2.46. The molecular weight excluding hydrogens is 230 g/mol. The lowest BCUT2D eigenvalue weighted by Gasteiger charge is -2.24. The van der Waals surface area contributed by atoms with Crippen molar-refractivity contribution < 1.29 is 0 Å². The van der Waals surface area contributed by atoms with Crippen molar-refractivity contribution in [3.8, 4) is 12.3 Å². The average Bonchev–Trinajstić information content (AvgIpc) is 2.48. The van der Waals surface area contributed by atoms with E-state index in [9.17, 15) is 0 Å². The summed E-state index contributed by atoms with van der Waals surface area (Å²) in [5.74, 6) is 2.74. The highest BCUT2D eigenvalue weighted by Gasteiger charge is 2.08. The van der Waals surface area contributed by atoms with Gasteiger partial charge in [-0.2, -0.15) is 0 Å². The van der Waals surface area contributed by atoms with Crippen molar-refractivity contribution >= 4 is 5.69 Å². The zero-order chi connectivity index (χ0) is 13.5. The lowest BCUT2D eigenvalue weighted by molar-refractivity contribution is 0.866. The van der Waals surface area contributed by atoms with Gasteiger partial charge in [-0.25, -0.2) is 0 Å². The van der Waals surface area contributed by atoms with Gasteiger partial charge in [0.2, 0.25) is 0 Å². The molecule has 0 saturated carbocycles. The van der Waals surface area contributed by atoms with Gasteiger partial charge in [0.15, 0.2) is 0 Å². The Morgan fingerprint density at radius 2 is 1.74 bits per heavy atom. The molecule has 0 spiro atoms. The minimum atomic E-state index is 0.771. The summed E-state index contributed by atoms with van der Waals surface area (Å²) in [6.45, 7) is 5.43. The quantitative estimate of drug-likeness (QED) is 0.573. The molecule has 0 aromatic heterocycles. The van der Waals surface area contributed by atoms with Crippen LogP contribution in [0.15, 0.2) is 67.3 Å². The lowest BCUT2D eigenvalue weighted by atomic mass is 10.1. The van der Waals surface area contributed by atoms with Crippen molar-refractivity contribution in [2.24, 2.45) is 0 Å². The van der Waals surface area contributed by atoms with Crippen LogP contribution in [0.1, 0.15) is 11.1 Å². The molecule has 0 N–H and O–H groups in total. The Kier molecular flexibility index (Phi) is 4.42. The third-order valence-corrected chi connectivity index (χ3v) is 2.97. The summed E-state index contributed by atoms with van der Waals surface area (Å²) in [6.07, 6.45) is 7.47. The maximum Gasteiger partial charge on any atom is 0.0531 e. The van der Waals surface area contributed by atoms with Crippen LogP contribution in [0.4, 0.5) is 5.69 Å². The molecule has 0 bridgehead atoms. The molecule has 0 heterocycles. The molecule has 2 aromatic carbocycles. The molecular formula is C18H17N. The van der Waals surface area contributed by atoms with Crippen molar-refractivity contribution in [1.29, 1.82) is 0 Å². The van der Waals surface area contributed by atoms with Gasteiger partial charge in [-0.15, -0.1) is 13.0 Å². The van der Waals surface area contributed by atoms with E-state index in [4.69, 9.17) is 6.42 Å². The van der Waals surface area contributed by atoms with Gasteiger partial charge < -0.3 is 4.90 Å². The molecule has 94 valence electrons. The molecule has 0 atom stereocenters. The molecule has 0 aliphatic rings. The number of rotatable bonds is 5. The van der Waals surface area contributed by atoms with E-state index in [-0.39, 0.29) is 0 Å². The third-order valence-electron chi connectivity index (χ3n) is 2.97. The number of para-hydroxylation sites is 1. The second-order valence-electron chi connectivity index (χ2n) is 4.32. The second kappa shape index (κ2) is 6.47. The number of hydrogen-bond acceptors (Lipinski definition) is 1. The largest absolute Gasteiger partial charge is 0.362 e. The van der Waals surface area contributed by atoms with Crippen molar-refractivity contribution in [2.45, 2.75) is 6.54 Å². The molecule has 0 fully saturated rings. The number of anilines is 1. The molecule has 1 heteroatoms. The van der Waals surface area contributed by atoms with Crippen LogP contribution in [0.3, 0.4) is 0 Å². The molecule has 0 aliphatic carbocycles. The van der Waals surface area contributed by atoms with Gasteiger partial charge in [-0.05, 0) is 17.7 Å². The van der Waals surface area contributed by atoms with Gasteiger partial charge in [0.1, 0.15) is 0 Å². The molecule has 0 saturated heterocycles. The summed E-state index contributed by atoms with van der Waals surface area (Å²) in [7, 11) is 0. The lowest BCUT2D eigenvalue weighted by Crippen LogP contribution is -2.23. The Bertz CT molecular complexity index is 578. The first-order chi connectivity index (χ1) is 9.35. The minimum Gasteiger partial charge on any atom is -0.362 e. The smallest absolute Gasteiger partial charge is 0.0531 e. The summed E-state index contributed by atoms with van der Waals surface area (Å²) < 4.78 is 0. The van der Waals surface area contributed by atoms with E-state index in [1.165, 1.54) is 5.56 Å². The second-order valence-corrected chi connectivity index (χ2v) is 4.32. The number of hydrogen-bond donors (Lipinski definition) is 0. The molecule has 0 amide bonds. The van der Waals surface area contributed by atoms with Crippen molar-refractivity contribution in [3.05, 3.63) is 78.4 Å². The fourth-order valence-corrected chi connectivity index (χ4v) is 2.08. The SMILES string of the molecule is C#Cc1ccccc1N(CC=C)Cc1ccccc1. The first-order valence-corrected chi connectivity index (χ1v) is 6.30. The molecule has 0 radical (unpaired) electrons. The Morgan fingerprint density at radius 3 is 2.42 bits per heavy atom. The molecule has 0 unspecified atom stereocenters. The normalized spacial score (nSPS) is 9.63. The predicted molar refractivity (Wildman–Crippen MR) is 82.1 cm³/mol. The molecule has 2 rings (SSSR count). The van der Waals surface area contributed by atoms with Gasteiger partial charge in [-0.3, -0.25) is 0 Å². The van der Waals surface area contributed by atoms with E-state index in [0.29, 0.717) is 0 Å². The van der Waals surface area contributed by atoms with Crippen LogP contribution >= 0.6 is 0 Å². The topological polar surface area (TPSA) is 3.24 Å². The molecule has 2 aromatic rings. The first-order valence-electron chi connectivity index (χ1n) is 6.30. The highest BCUT2D eigenvalue weighted by molar-refractivity contribution is 5.60. The van der Waals surface area contributed by atoms with Crippen LogP contribution in [0.5, 0.6) is 0 Å². The average molecular weight is 247 g/mol. The van der Waals surface area contributed by atoms with E-state index in [0.717, 1.165) is 24.3 Å². The van der Waals surface area contributed by atoms with E-state index >= 15 is 0 Å². The predicted octanol–water partition coefficient (Wildman–Crippen LogP) is 3.86. The zero-order valence-corrected chi connectivity index (χ0v) is 10.9. The van der Waals surface area contributed by atoms with Crippen molar-refractivity contribution in [3.63, 3.8) is 0 Å². The van der Waals surface area contributed by atoms with Crippen LogP contribution in [0.25, 0.3) is 0 Å². The van der Waals surface area contributed by atoms with Gasteiger partial charge in [0.05, 0.1) is 5.69 Å². The zero-order valence-electron chi connectivity index (χ0n) is 10.9. The summed E-state index contributed by atoms with van der Waals surface area (Å²) in [5.41, 5.74) is 3.25. The summed E-state index contributed by atoms with van der Waals surface area (Å²) in [6, 6.07) is 18.4. The van der Waals surface area contributed by atoms with E-state index in [1.807, 2.05) is 30.3 Å². The van der Waals surface area contributed by atoms with Crippen molar-refractivity contribution in [1.82, 2.24) is 0 Å². The van der Waals surface area contributed by atoms with Gasteiger partial charge in [0, 0.05) is 18.7 Å². The van der Waals surface area contributed by atoms with E-state index < -0.39 is 0 Å². The van der Waals surface area contributed by atoms with Crippen LogP contribution in [-0.4, -0.2) is 6.54 Å². The Labute approximate surface area is 115 Å². The van der Waals surface area contributed by atoms with Crippen LogP contribution in [-0.2, 0) is 6.54 Å². The number of benzene rings is 2. The highest BCUT2D eigenvalue weighted by Crippen LogP contribution is 2.21. The monoisotopic (exact) mass is 247 g/mol. The summed E-state index contributed by atoms with van der Waals surface area (Å²) in [5, 5.41) is 0. The fourth-order valence-electron chi connectivity index (χ4n) is 2.08. The highest BCUT2D eigenvalue weighted by atomic mass is 15.1. The third kappa shape index (κ3) is 3.26. The van der Waals surface area contributed by atoms with E-state index in [2.05, 4.69) is 47.7 Å². The number of nitrogens with zero attached hydrogens (tertiary/aromatic N) is 1. The van der Waals surface area contributed by atoms with E-state index in [1.54, 1.807) is 0 Å². The summed E-state index contributed by atoms with van der Waals surface area (Å²) in [4.78, 5) is 2.23. The van der Waals surface area contributed by atoms with Crippen molar-refractivity contribution in [2.75, 3.05) is 11.4 Å². The fraction of sp³-hybridized carbons (Fsp3) is 0.111. The van der Waals surface area contributed by atoms with Crippen LogP contribution in [0, 0.1) is 12.3 Å². The molecule has 0 aliphatic heterocycles. The van der Waals surface area contributed by atoms with Crippen LogP contribution in [0.2, 0.25) is 0 Å². The Morgan fingerprint density at radius 1 is 1.05 bits per heavy atom.